The van der Waals surface area contributed by atoms with Gasteiger partial charge in [0.2, 0.25) is 0 Å². The first-order valence-electron chi connectivity index (χ1n) is 52.8. The van der Waals surface area contributed by atoms with Crippen molar-refractivity contribution in [3.63, 3.8) is 0 Å². The lowest BCUT2D eigenvalue weighted by Crippen LogP contribution is -2.16. The highest BCUT2D eigenvalue weighted by molar-refractivity contribution is 5.91. The molecule has 0 spiro atoms. The maximum Gasteiger partial charge on any atom is 0.0465 e. The molecule has 0 saturated heterocycles. The molecule has 0 unspecified atom stereocenters. The van der Waals surface area contributed by atoms with Gasteiger partial charge in [0.15, 0.2) is 0 Å². The molecule has 0 saturated carbocycles. The largest absolute Gasteiger partial charge is 0.310 e. The van der Waals surface area contributed by atoms with Crippen LogP contribution in [0.1, 0.15) is 313 Å². The van der Waals surface area contributed by atoms with E-state index in [1.54, 1.807) is 0 Å². The van der Waals surface area contributed by atoms with E-state index in [1.807, 2.05) is 0 Å². The summed E-state index contributed by atoms with van der Waals surface area (Å²) in [6.07, 6.45) is 0. The van der Waals surface area contributed by atoms with Crippen LogP contribution >= 0.6 is 0 Å². The van der Waals surface area contributed by atoms with Crippen LogP contribution in [0.25, 0.3) is 111 Å². The van der Waals surface area contributed by atoms with Crippen LogP contribution in [0.5, 0.6) is 0 Å². The third-order valence-corrected chi connectivity index (χ3v) is 30.8. The van der Waals surface area contributed by atoms with Crippen molar-refractivity contribution in [3.05, 3.63) is 418 Å². The average molecular weight is 1890 g/mol. The highest BCUT2D eigenvalue weighted by Crippen LogP contribution is 2.55. The van der Waals surface area contributed by atoms with Gasteiger partial charge in [0, 0.05) is 45.0 Å². The van der Waals surface area contributed by atoms with Gasteiger partial charge in [-0.15, -0.1) is 0 Å². The number of fused-ring (bicyclic) bond motifs is 6. The Morgan fingerprint density at radius 3 is 0.583 bits per heavy atom. The molecule has 18 rings (SSSR count). The predicted octanol–water partition coefficient (Wildman–Crippen LogP) is 41.2. The fourth-order valence-electron chi connectivity index (χ4n) is 21.0. The zero-order valence-electron chi connectivity index (χ0n) is 93.2. The van der Waals surface area contributed by atoms with E-state index in [0.29, 0.717) is 0 Å². The van der Waals surface area contributed by atoms with Crippen molar-refractivity contribution in [1.29, 1.82) is 0 Å². The van der Waals surface area contributed by atoms with Crippen LogP contribution in [0.15, 0.2) is 340 Å². The molecular weight excluding hydrogens is 1730 g/mol. The molecule has 0 N–H and O–H groups in total. The van der Waals surface area contributed by atoms with Crippen molar-refractivity contribution in [3.8, 4) is 111 Å². The van der Waals surface area contributed by atoms with Crippen molar-refractivity contribution in [2.24, 2.45) is 0 Å². The Morgan fingerprint density at radius 1 is 0.132 bits per heavy atom. The SMILES string of the molecule is CC(C)(C)c1ccc(-c2ccc(N(c3ccc(-c4cc(-c5cc(-c6cc(C(C)(C)C)cc(C(C)(C)C)c6)cc(C(C)(C)C)c5)cc(C(C)(C)C)c4)cc3)c3ccc4c(c3)C(C)(C)c3ccccc3-4)cc2)cc1.CC(C)(C)c1cccc(-c2ccc(N(c3ccc(-c4cc(-c5cc(-c6cc(C(C)(C)C)cc(C(C)(C)C)c6)cc(C(C)(C)C)c5)cc(C(C)(C)C)c4)cc3)c3ccc4c(c3)C(C)(C)c3ccccc3-4)cc2)c1. The average Bonchev–Trinajstić information content (AvgIpc) is 1.58. The second kappa shape index (κ2) is 37.3. The quantitative estimate of drug-likeness (QED) is 0.107. The summed E-state index contributed by atoms with van der Waals surface area (Å²) in [7, 11) is 0. The fourth-order valence-corrected chi connectivity index (χ4v) is 21.0. The van der Waals surface area contributed by atoms with E-state index in [4.69, 9.17) is 0 Å². The van der Waals surface area contributed by atoms with Gasteiger partial charge in [-0.05, 0) is 340 Å². The fraction of sp³-hybridized carbons (Fsp3) is 0.324. The standard InChI is InChI=1S/2C71H79N/c1-66(2,3)54-22-20-21-48(37-54)46-25-29-59(30-26-46)72(61-33-34-63-62-23-18-19-24-64(62)71(16,17)65(63)45-61)60-31-27-47(28-32-60)49-35-50(39-55(38-49)67(4,5)6)51-36-52(41-56(40-51)68(7,8)9)53-42-57(69(10,11)12)44-58(43-53)70(13,14)15;1-66(2,3)54-28-22-46(23-29-54)47-24-30-59(31-25-47)72(61-34-35-63-62-20-18-19-21-64(62)71(16,17)65(63)45-61)60-32-26-48(27-33-60)49-36-50(39-55(38-49)67(4,5)6)51-37-52(41-56(40-51)68(7,8)9)53-42-57(69(10,11)12)44-58(43-53)70(13,14)15/h2*18-45H,1-17H3. The molecule has 0 atom stereocenters. The molecule has 2 nitrogen and oxygen atoms in total. The highest BCUT2D eigenvalue weighted by atomic mass is 15.1. The molecule has 0 fully saturated rings. The van der Waals surface area contributed by atoms with E-state index in [1.165, 1.54) is 189 Å². The molecule has 2 heteroatoms. The first-order valence-corrected chi connectivity index (χ1v) is 52.8. The molecule has 16 aromatic carbocycles. The third kappa shape index (κ3) is 21.3. The van der Waals surface area contributed by atoms with Crippen LogP contribution in [0.3, 0.4) is 0 Å². The predicted molar refractivity (Wildman–Crippen MR) is 628 cm³/mol. The lowest BCUT2D eigenvalue weighted by molar-refractivity contribution is 0.568. The van der Waals surface area contributed by atoms with Gasteiger partial charge in [-0.2, -0.15) is 0 Å². The van der Waals surface area contributed by atoms with Gasteiger partial charge in [0.05, 0.1) is 0 Å². The van der Waals surface area contributed by atoms with Gasteiger partial charge in [-0.25, -0.2) is 0 Å². The summed E-state index contributed by atoms with van der Waals surface area (Å²) in [4.78, 5) is 4.88. The minimum Gasteiger partial charge on any atom is -0.310 e. The van der Waals surface area contributed by atoms with Gasteiger partial charge in [0.1, 0.15) is 0 Å². The number of anilines is 6. The molecule has 0 aliphatic heterocycles. The van der Waals surface area contributed by atoms with E-state index < -0.39 is 0 Å². The van der Waals surface area contributed by atoms with Crippen molar-refractivity contribution >= 4 is 34.1 Å². The minimum absolute atomic E-state index is 0.0252. The number of nitrogens with zero attached hydrogens (tertiary/aromatic N) is 2. The monoisotopic (exact) mass is 1890 g/mol. The first-order chi connectivity index (χ1) is 67.1. The Labute approximate surface area is 867 Å². The third-order valence-electron chi connectivity index (χ3n) is 30.8. The van der Waals surface area contributed by atoms with Crippen molar-refractivity contribution in [2.75, 3.05) is 9.80 Å². The van der Waals surface area contributed by atoms with Gasteiger partial charge in [-0.1, -0.05) is 478 Å². The van der Waals surface area contributed by atoms with E-state index >= 15 is 0 Å². The van der Waals surface area contributed by atoms with Crippen LogP contribution in [-0.4, -0.2) is 0 Å². The molecule has 0 heterocycles. The van der Waals surface area contributed by atoms with E-state index in [0.717, 1.165) is 34.1 Å². The Bertz CT molecular complexity index is 7420. The van der Waals surface area contributed by atoms with Crippen LogP contribution < -0.4 is 9.80 Å². The van der Waals surface area contributed by atoms with Gasteiger partial charge >= 0.3 is 0 Å². The molecule has 0 bridgehead atoms. The van der Waals surface area contributed by atoms with Crippen LogP contribution in [0.4, 0.5) is 34.1 Å². The number of hydrogen-bond donors (Lipinski definition) is 0. The molecule has 0 aromatic heterocycles. The van der Waals surface area contributed by atoms with E-state index in [2.05, 4.69) is 585 Å². The van der Waals surface area contributed by atoms with Crippen molar-refractivity contribution in [2.45, 2.75) is 300 Å². The normalized spacial score (nSPS) is 13.7. The zero-order chi connectivity index (χ0) is 104. The summed E-state index contributed by atoms with van der Waals surface area (Å²) >= 11 is 0. The Morgan fingerprint density at radius 2 is 0.326 bits per heavy atom. The van der Waals surface area contributed by atoms with Gasteiger partial charge < -0.3 is 9.80 Å². The van der Waals surface area contributed by atoms with Gasteiger partial charge in [0.25, 0.3) is 0 Å². The maximum atomic E-state index is 2.44. The van der Waals surface area contributed by atoms with E-state index in [-0.39, 0.29) is 65.0 Å². The smallest absolute Gasteiger partial charge is 0.0465 e. The number of hydrogen-bond acceptors (Lipinski definition) is 2. The molecule has 2 aliphatic rings. The molecule has 0 amide bonds. The van der Waals surface area contributed by atoms with Gasteiger partial charge in [-0.3, -0.25) is 0 Å². The van der Waals surface area contributed by atoms with Crippen molar-refractivity contribution < 1.29 is 0 Å². The van der Waals surface area contributed by atoms with Crippen LogP contribution in [0, 0.1) is 0 Å². The first kappa shape index (κ1) is 103. The van der Waals surface area contributed by atoms with Crippen LogP contribution in [0.2, 0.25) is 0 Å². The highest BCUT2D eigenvalue weighted by Gasteiger charge is 2.39. The van der Waals surface area contributed by atoms with E-state index in [9.17, 15) is 0 Å². The lowest BCUT2D eigenvalue weighted by Gasteiger charge is -2.28. The van der Waals surface area contributed by atoms with Crippen LogP contribution in [-0.2, 0) is 65.0 Å². The summed E-state index contributed by atoms with van der Waals surface area (Å²) < 4.78 is 0. The summed E-state index contributed by atoms with van der Waals surface area (Å²) in [5, 5.41) is 0. The summed E-state index contributed by atoms with van der Waals surface area (Å²) in [5.41, 5.74) is 50.8. The number of rotatable bonds is 14. The summed E-state index contributed by atoms with van der Waals surface area (Å²) in [6.45, 7) is 79.2. The Hall–Kier alpha value is -12.9. The molecule has 2 aliphatic carbocycles. The molecule has 736 valence electrons. The maximum absolute atomic E-state index is 2.44. The lowest BCUT2D eigenvalue weighted by atomic mass is 9.77. The zero-order valence-corrected chi connectivity index (χ0v) is 93.2. The Balaban J connectivity index is 0.000000198. The molecular formula is C142H158N2. The second-order valence-corrected chi connectivity index (χ2v) is 53.1. The summed E-state index contributed by atoms with van der Waals surface area (Å²) in [5.74, 6) is 0. The molecule has 144 heavy (non-hydrogen) atoms. The molecule has 16 aromatic rings. The Kier molecular flexibility index (Phi) is 26.6. The summed E-state index contributed by atoms with van der Waals surface area (Å²) in [6, 6.07) is 131. The molecule has 0 radical (unpaired) electrons. The second-order valence-electron chi connectivity index (χ2n) is 53.1. The topological polar surface area (TPSA) is 6.48 Å². The van der Waals surface area contributed by atoms with Crippen molar-refractivity contribution in [1.82, 2.24) is 0 Å². The minimum atomic E-state index is -0.117. The number of benzene rings is 16.